The van der Waals surface area contributed by atoms with E-state index in [4.69, 9.17) is 5.26 Å². The SMILES string of the molecule is CC(CN(C)Cc1ccccc1)Nc1ccc(C#N)nn1. The van der Waals surface area contributed by atoms with Crippen molar-refractivity contribution in [2.45, 2.75) is 19.5 Å². The van der Waals surface area contributed by atoms with Gasteiger partial charge in [0.05, 0.1) is 0 Å². The molecule has 0 aliphatic heterocycles. The first-order valence-corrected chi connectivity index (χ1v) is 6.90. The van der Waals surface area contributed by atoms with Gasteiger partial charge in [0.2, 0.25) is 0 Å². The normalized spacial score (nSPS) is 11.9. The minimum Gasteiger partial charge on any atom is -0.365 e. The molecule has 1 unspecified atom stereocenters. The highest BCUT2D eigenvalue weighted by Gasteiger charge is 2.08. The van der Waals surface area contributed by atoms with Gasteiger partial charge in [-0.1, -0.05) is 30.3 Å². The van der Waals surface area contributed by atoms with Crippen molar-refractivity contribution in [2.75, 3.05) is 18.9 Å². The lowest BCUT2D eigenvalue weighted by Crippen LogP contribution is -2.32. The van der Waals surface area contributed by atoms with Gasteiger partial charge < -0.3 is 10.2 Å². The summed E-state index contributed by atoms with van der Waals surface area (Å²) >= 11 is 0. The van der Waals surface area contributed by atoms with Crippen LogP contribution in [-0.2, 0) is 6.54 Å². The van der Waals surface area contributed by atoms with E-state index >= 15 is 0 Å². The van der Waals surface area contributed by atoms with E-state index in [0.717, 1.165) is 13.1 Å². The molecule has 1 atom stereocenters. The van der Waals surface area contributed by atoms with Gasteiger partial charge in [0.15, 0.2) is 5.69 Å². The standard InChI is InChI=1S/C16H19N5/c1-13(18-16-9-8-15(10-17)19-20-16)11-21(2)12-14-6-4-3-5-7-14/h3-9,13H,11-12H2,1-2H3,(H,18,20). The molecule has 0 radical (unpaired) electrons. The molecule has 0 aliphatic rings. The monoisotopic (exact) mass is 281 g/mol. The van der Waals surface area contributed by atoms with Crippen molar-refractivity contribution in [1.82, 2.24) is 15.1 Å². The predicted molar refractivity (Wildman–Crippen MR) is 82.6 cm³/mol. The zero-order chi connectivity index (χ0) is 15.1. The number of hydrogen-bond donors (Lipinski definition) is 1. The summed E-state index contributed by atoms with van der Waals surface area (Å²) in [4.78, 5) is 2.25. The van der Waals surface area contributed by atoms with Crippen LogP contribution in [0.15, 0.2) is 42.5 Å². The summed E-state index contributed by atoms with van der Waals surface area (Å²) in [6.45, 7) is 3.89. The maximum atomic E-state index is 8.69. The van der Waals surface area contributed by atoms with E-state index in [1.165, 1.54) is 5.56 Å². The fraction of sp³-hybridized carbons (Fsp3) is 0.312. The molecule has 0 fully saturated rings. The van der Waals surface area contributed by atoms with E-state index in [2.05, 4.69) is 58.7 Å². The minimum absolute atomic E-state index is 0.237. The molecule has 108 valence electrons. The van der Waals surface area contributed by atoms with Gasteiger partial charge in [-0.2, -0.15) is 5.26 Å². The molecular formula is C16H19N5. The second kappa shape index (κ2) is 7.36. The number of aromatic nitrogens is 2. The molecule has 1 aromatic carbocycles. The number of benzene rings is 1. The third-order valence-electron chi connectivity index (χ3n) is 3.05. The first-order chi connectivity index (χ1) is 10.2. The maximum Gasteiger partial charge on any atom is 0.163 e. The number of hydrogen-bond acceptors (Lipinski definition) is 5. The van der Waals surface area contributed by atoms with Crippen molar-refractivity contribution >= 4 is 5.82 Å². The Labute approximate surface area is 125 Å². The lowest BCUT2D eigenvalue weighted by atomic mass is 10.2. The third kappa shape index (κ3) is 4.86. The molecule has 5 nitrogen and oxygen atoms in total. The zero-order valence-electron chi connectivity index (χ0n) is 12.3. The van der Waals surface area contributed by atoms with Crippen LogP contribution in [0.1, 0.15) is 18.2 Å². The van der Waals surface area contributed by atoms with Crippen LogP contribution in [0, 0.1) is 11.3 Å². The molecule has 2 rings (SSSR count). The lowest BCUT2D eigenvalue weighted by molar-refractivity contribution is 0.316. The fourth-order valence-electron chi connectivity index (χ4n) is 2.19. The van der Waals surface area contributed by atoms with Crippen LogP contribution in [0.3, 0.4) is 0 Å². The number of nitrogens with zero attached hydrogens (tertiary/aromatic N) is 4. The van der Waals surface area contributed by atoms with Gasteiger partial charge in [-0.3, -0.25) is 0 Å². The Morgan fingerprint density at radius 1 is 1.19 bits per heavy atom. The smallest absolute Gasteiger partial charge is 0.163 e. The van der Waals surface area contributed by atoms with E-state index in [1.54, 1.807) is 12.1 Å². The summed E-state index contributed by atoms with van der Waals surface area (Å²) in [7, 11) is 2.09. The molecule has 1 aromatic heterocycles. The van der Waals surface area contributed by atoms with Crippen molar-refractivity contribution < 1.29 is 0 Å². The summed E-state index contributed by atoms with van der Waals surface area (Å²) in [5, 5.41) is 19.8. The average Bonchev–Trinajstić information content (AvgIpc) is 2.48. The second-order valence-electron chi connectivity index (χ2n) is 5.14. The molecule has 0 saturated heterocycles. The molecule has 21 heavy (non-hydrogen) atoms. The maximum absolute atomic E-state index is 8.69. The Morgan fingerprint density at radius 2 is 1.95 bits per heavy atom. The van der Waals surface area contributed by atoms with Gasteiger partial charge in [0, 0.05) is 19.1 Å². The summed E-state index contributed by atoms with van der Waals surface area (Å²) in [6.07, 6.45) is 0. The Hall–Kier alpha value is -2.45. The molecule has 1 heterocycles. The molecule has 0 amide bonds. The molecule has 0 aliphatic carbocycles. The Bertz CT molecular complexity index is 588. The topological polar surface area (TPSA) is 64.8 Å². The highest BCUT2D eigenvalue weighted by atomic mass is 15.2. The van der Waals surface area contributed by atoms with Crippen LogP contribution < -0.4 is 5.32 Å². The van der Waals surface area contributed by atoms with Gasteiger partial charge in [-0.05, 0) is 31.7 Å². The molecule has 0 saturated carbocycles. The van der Waals surface area contributed by atoms with E-state index in [-0.39, 0.29) is 6.04 Å². The Balaban J connectivity index is 1.83. The number of likely N-dealkylation sites (N-methyl/N-ethyl adjacent to an activating group) is 1. The lowest BCUT2D eigenvalue weighted by Gasteiger charge is -2.22. The fourth-order valence-corrected chi connectivity index (χ4v) is 2.19. The molecule has 0 bridgehead atoms. The van der Waals surface area contributed by atoms with Crippen molar-refractivity contribution in [2.24, 2.45) is 0 Å². The third-order valence-corrected chi connectivity index (χ3v) is 3.05. The molecular weight excluding hydrogens is 262 g/mol. The molecule has 0 spiro atoms. The van der Waals surface area contributed by atoms with Gasteiger partial charge in [0.25, 0.3) is 0 Å². The van der Waals surface area contributed by atoms with Crippen LogP contribution in [0.5, 0.6) is 0 Å². The largest absolute Gasteiger partial charge is 0.365 e. The average molecular weight is 281 g/mol. The van der Waals surface area contributed by atoms with Gasteiger partial charge >= 0.3 is 0 Å². The van der Waals surface area contributed by atoms with Crippen molar-refractivity contribution in [3.63, 3.8) is 0 Å². The first-order valence-electron chi connectivity index (χ1n) is 6.90. The Kier molecular flexibility index (Phi) is 5.24. The van der Waals surface area contributed by atoms with Crippen molar-refractivity contribution in [3.8, 4) is 6.07 Å². The number of nitrogens with one attached hydrogen (secondary N) is 1. The van der Waals surface area contributed by atoms with Crippen LogP contribution in [0.2, 0.25) is 0 Å². The zero-order valence-corrected chi connectivity index (χ0v) is 12.3. The number of rotatable bonds is 6. The van der Waals surface area contributed by atoms with E-state index in [0.29, 0.717) is 11.5 Å². The molecule has 5 heteroatoms. The van der Waals surface area contributed by atoms with Crippen LogP contribution in [-0.4, -0.2) is 34.7 Å². The van der Waals surface area contributed by atoms with Crippen molar-refractivity contribution in [3.05, 3.63) is 53.7 Å². The summed E-state index contributed by atoms with van der Waals surface area (Å²) < 4.78 is 0. The van der Waals surface area contributed by atoms with Crippen LogP contribution in [0.4, 0.5) is 5.82 Å². The van der Waals surface area contributed by atoms with E-state index < -0.39 is 0 Å². The molecule has 2 aromatic rings. The number of anilines is 1. The summed E-state index contributed by atoms with van der Waals surface area (Å²) in [6, 6.07) is 16.0. The minimum atomic E-state index is 0.237. The first kappa shape index (κ1) is 14.9. The quantitative estimate of drug-likeness (QED) is 0.880. The number of nitriles is 1. The highest BCUT2D eigenvalue weighted by Crippen LogP contribution is 2.06. The van der Waals surface area contributed by atoms with Gasteiger partial charge in [-0.25, -0.2) is 0 Å². The van der Waals surface area contributed by atoms with Crippen LogP contribution in [0.25, 0.3) is 0 Å². The predicted octanol–water partition coefficient (Wildman–Crippen LogP) is 2.28. The van der Waals surface area contributed by atoms with Gasteiger partial charge in [0.1, 0.15) is 11.9 Å². The van der Waals surface area contributed by atoms with Crippen LogP contribution >= 0.6 is 0 Å². The highest BCUT2D eigenvalue weighted by molar-refractivity contribution is 5.36. The summed E-state index contributed by atoms with van der Waals surface area (Å²) in [5.74, 6) is 0.689. The molecule has 1 N–H and O–H groups in total. The van der Waals surface area contributed by atoms with Gasteiger partial charge in [-0.15, -0.1) is 10.2 Å². The Morgan fingerprint density at radius 3 is 2.57 bits per heavy atom. The van der Waals surface area contributed by atoms with Crippen molar-refractivity contribution in [1.29, 1.82) is 5.26 Å². The van der Waals surface area contributed by atoms with E-state index in [9.17, 15) is 0 Å². The second-order valence-corrected chi connectivity index (χ2v) is 5.14. The van der Waals surface area contributed by atoms with E-state index in [1.807, 2.05) is 12.1 Å². The summed E-state index contributed by atoms with van der Waals surface area (Å²) in [5.41, 5.74) is 1.62.